The molecule has 1 aromatic carbocycles. The number of hydrogen-bond acceptors (Lipinski definition) is 3. The molecule has 1 heterocycles. The van der Waals surface area contributed by atoms with Crippen molar-refractivity contribution in [3.05, 3.63) is 58.7 Å². The first-order valence-corrected chi connectivity index (χ1v) is 6.69. The van der Waals surface area contributed by atoms with Crippen LogP contribution < -0.4 is 10.1 Å². The monoisotopic (exact) mass is 290 g/mol. The maximum atomic E-state index is 12.1. The highest BCUT2D eigenvalue weighted by molar-refractivity contribution is 6.33. The Balaban J connectivity index is 2.06. The summed E-state index contributed by atoms with van der Waals surface area (Å²) >= 11 is 5.98. The number of ether oxygens (including phenoxy) is 1. The number of amides is 1. The van der Waals surface area contributed by atoms with Crippen molar-refractivity contribution < 1.29 is 9.53 Å². The fraction of sp³-hybridized carbons (Fsp3) is 0.200. The van der Waals surface area contributed by atoms with Gasteiger partial charge < -0.3 is 10.1 Å². The predicted molar refractivity (Wildman–Crippen MR) is 78.0 cm³/mol. The van der Waals surface area contributed by atoms with Gasteiger partial charge in [0, 0.05) is 18.3 Å². The number of nitrogens with one attached hydrogen (secondary N) is 1. The van der Waals surface area contributed by atoms with Gasteiger partial charge in [0.1, 0.15) is 0 Å². The van der Waals surface area contributed by atoms with Crippen molar-refractivity contribution in [2.24, 2.45) is 0 Å². The van der Waals surface area contributed by atoms with Crippen LogP contribution in [0, 0.1) is 0 Å². The first-order valence-electron chi connectivity index (χ1n) is 6.31. The average molecular weight is 291 g/mol. The molecule has 0 bridgehead atoms. The van der Waals surface area contributed by atoms with Crippen LogP contribution >= 0.6 is 11.6 Å². The standard InChI is InChI=1S/C15H15ClN2O2/c1-2-20-15-11(6-5-9-17-15)10-18-14(19)12-7-3-4-8-13(12)16/h3-9H,2,10H2,1H3,(H,18,19). The number of carbonyl (C=O) groups excluding carboxylic acids is 1. The van der Waals surface area contributed by atoms with Crippen molar-refractivity contribution in [1.82, 2.24) is 10.3 Å². The van der Waals surface area contributed by atoms with Gasteiger partial charge in [-0.05, 0) is 25.1 Å². The van der Waals surface area contributed by atoms with E-state index in [2.05, 4.69) is 10.3 Å². The zero-order valence-electron chi connectivity index (χ0n) is 11.1. The predicted octanol–water partition coefficient (Wildman–Crippen LogP) is 3.06. The van der Waals surface area contributed by atoms with Crippen LogP contribution in [0.15, 0.2) is 42.6 Å². The van der Waals surface area contributed by atoms with Crippen LogP contribution in [0.25, 0.3) is 0 Å². The van der Waals surface area contributed by atoms with E-state index in [0.29, 0.717) is 29.6 Å². The number of aromatic nitrogens is 1. The van der Waals surface area contributed by atoms with E-state index in [1.807, 2.05) is 13.0 Å². The lowest BCUT2D eigenvalue weighted by molar-refractivity contribution is 0.0950. The number of hydrogen-bond donors (Lipinski definition) is 1. The second kappa shape index (κ2) is 6.91. The lowest BCUT2D eigenvalue weighted by Gasteiger charge is -2.10. The minimum absolute atomic E-state index is 0.220. The maximum absolute atomic E-state index is 12.1. The van der Waals surface area contributed by atoms with Crippen LogP contribution in [0.3, 0.4) is 0 Å². The Morgan fingerprint density at radius 3 is 2.85 bits per heavy atom. The maximum Gasteiger partial charge on any atom is 0.253 e. The molecular weight excluding hydrogens is 276 g/mol. The summed E-state index contributed by atoms with van der Waals surface area (Å²) in [6, 6.07) is 10.6. The van der Waals surface area contributed by atoms with E-state index in [1.165, 1.54) is 0 Å². The number of nitrogens with zero attached hydrogens (tertiary/aromatic N) is 1. The van der Waals surface area contributed by atoms with Gasteiger partial charge in [-0.25, -0.2) is 4.98 Å². The van der Waals surface area contributed by atoms with E-state index in [0.717, 1.165) is 5.56 Å². The topological polar surface area (TPSA) is 51.2 Å². The molecule has 1 N–H and O–H groups in total. The van der Waals surface area contributed by atoms with Crippen molar-refractivity contribution in [2.45, 2.75) is 13.5 Å². The van der Waals surface area contributed by atoms with Crippen molar-refractivity contribution >= 4 is 17.5 Å². The van der Waals surface area contributed by atoms with Gasteiger partial charge in [-0.1, -0.05) is 29.8 Å². The van der Waals surface area contributed by atoms with Gasteiger partial charge in [-0.15, -0.1) is 0 Å². The third-order valence-electron chi connectivity index (χ3n) is 2.69. The molecule has 0 saturated heterocycles. The van der Waals surface area contributed by atoms with E-state index in [1.54, 1.807) is 36.5 Å². The fourth-order valence-corrected chi connectivity index (χ4v) is 1.96. The summed E-state index contributed by atoms with van der Waals surface area (Å²) in [6.45, 7) is 2.76. The Bertz CT molecular complexity index is 602. The van der Waals surface area contributed by atoms with Crippen LogP contribution in [0.1, 0.15) is 22.8 Å². The molecule has 0 aliphatic carbocycles. The van der Waals surface area contributed by atoms with Gasteiger partial charge in [0.25, 0.3) is 5.91 Å². The van der Waals surface area contributed by atoms with E-state index in [9.17, 15) is 4.79 Å². The molecule has 20 heavy (non-hydrogen) atoms. The molecule has 0 aliphatic rings. The van der Waals surface area contributed by atoms with Crippen LogP contribution in [0.4, 0.5) is 0 Å². The average Bonchev–Trinajstić information content (AvgIpc) is 2.47. The van der Waals surface area contributed by atoms with Gasteiger partial charge in [0.15, 0.2) is 0 Å². The molecule has 0 atom stereocenters. The van der Waals surface area contributed by atoms with Crippen LogP contribution in [0.5, 0.6) is 5.88 Å². The Morgan fingerprint density at radius 1 is 1.30 bits per heavy atom. The molecule has 2 rings (SSSR count). The highest BCUT2D eigenvalue weighted by atomic mass is 35.5. The molecular formula is C15H15ClN2O2. The minimum Gasteiger partial charge on any atom is -0.478 e. The van der Waals surface area contributed by atoms with Crippen molar-refractivity contribution in [1.29, 1.82) is 0 Å². The second-order valence-corrected chi connectivity index (χ2v) is 4.47. The summed E-state index contributed by atoms with van der Waals surface area (Å²) in [5.74, 6) is 0.316. The molecule has 4 nitrogen and oxygen atoms in total. The zero-order chi connectivity index (χ0) is 14.4. The molecule has 104 valence electrons. The summed E-state index contributed by atoms with van der Waals surface area (Å²) in [4.78, 5) is 16.2. The third-order valence-corrected chi connectivity index (χ3v) is 3.02. The van der Waals surface area contributed by atoms with Crippen molar-refractivity contribution in [3.8, 4) is 5.88 Å². The number of halogens is 1. The number of benzene rings is 1. The molecule has 5 heteroatoms. The zero-order valence-corrected chi connectivity index (χ0v) is 11.9. The van der Waals surface area contributed by atoms with E-state index < -0.39 is 0 Å². The van der Waals surface area contributed by atoms with E-state index in [-0.39, 0.29) is 5.91 Å². The summed E-state index contributed by atoms with van der Waals surface area (Å²) in [7, 11) is 0. The Morgan fingerprint density at radius 2 is 2.10 bits per heavy atom. The van der Waals surface area contributed by atoms with Gasteiger partial charge >= 0.3 is 0 Å². The largest absolute Gasteiger partial charge is 0.478 e. The van der Waals surface area contributed by atoms with Crippen LogP contribution in [-0.4, -0.2) is 17.5 Å². The molecule has 1 amide bonds. The molecule has 2 aromatic rings. The number of pyridine rings is 1. The molecule has 0 radical (unpaired) electrons. The number of carbonyl (C=O) groups is 1. The highest BCUT2D eigenvalue weighted by Gasteiger charge is 2.10. The molecule has 0 fully saturated rings. The van der Waals surface area contributed by atoms with E-state index >= 15 is 0 Å². The van der Waals surface area contributed by atoms with Crippen molar-refractivity contribution in [2.75, 3.05) is 6.61 Å². The normalized spacial score (nSPS) is 10.1. The lowest BCUT2D eigenvalue weighted by Crippen LogP contribution is -2.23. The summed E-state index contributed by atoms with van der Waals surface area (Å²) in [5.41, 5.74) is 1.28. The molecule has 0 saturated carbocycles. The minimum atomic E-state index is -0.220. The lowest BCUT2D eigenvalue weighted by atomic mass is 10.2. The first kappa shape index (κ1) is 14.3. The SMILES string of the molecule is CCOc1ncccc1CNC(=O)c1ccccc1Cl. The highest BCUT2D eigenvalue weighted by Crippen LogP contribution is 2.16. The Labute approximate surface area is 122 Å². The summed E-state index contributed by atoms with van der Waals surface area (Å²) in [6.07, 6.45) is 1.66. The molecule has 0 spiro atoms. The number of rotatable bonds is 5. The van der Waals surface area contributed by atoms with E-state index in [4.69, 9.17) is 16.3 Å². The quantitative estimate of drug-likeness (QED) is 0.921. The van der Waals surface area contributed by atoms with Gasteiger partial charge in [0.05, 0.1) is 17.2 Å². The van der Waals surface area contributed by atoms with Crippen molar-refractivity contribution in [3.63, 3.8) is 0 Å². The Hall–Kier alpha value is -2.07. The smallest absolute Gasteiger partial charge is 0.253 e. The first-order chi connectivity index (χ1) is 9.72. The fourth-order valence-electron chi connectivity index (χ4n) is 1.74. The summed E-state index contributed by atoms with van der Waals surface area (Å²) < 4.78 is 5.41. The van der Waals surface area contributed by atoms with Gasteiger partial charge in [0.2, 0.25) is 5.88 Å². The molecule has 1 aromatic heterocycles. The van der Waals surface area contributed by atoms with Crippen LogP contribution in [-0.2, 0) is 6.54 Å². The summed E-state index contributed by atoms with van der Waals surface area (Å²) in [5, 5.41) is 3.24. The van der Waals surface area contributed by atoms with Gasteiger partial charge in [-0.2, -0.15) is 0 Å². The molecule has 0 aliphatic heterocycles. The second-order valence-electron chi connectivity index (χ2n) is 4.06. The Kier molecular flexibility index (Phi) is 4.96. The third kappa shape index (κ3) is 3.48. The van der Waals surface area contributed by atoms with Gasteiger partial charge in [-0.3, -0.25) is 4.79 Å². The molecule has 0 unspecified atom stereocenters. The van der Waals surface area contributed by atoms with Crippen LogP contribution in [0.2, 0.25) is 5.02 Å².